The lowest BCUT2D eigenvalue weighted by molar-refractivity contribution is 0.289. The zero-order valence-corrected chi connectivity index (χ0v) is 13.4. The van der Waals surface area contributed by atoms with Gasteiger partial charge in [0.05, 0.1) is 6.04 Å². The number of rotatable bonds is 6. The first-order chi connectivity index (χ1) is 10.1. The highest BCUT2D eigenvalue weighted by molar-refractivity contribution is 6.30. The van der Waals surface area contributed by atoms with Gasteiger partial charge in [-0.1, -0.05) is 55.3 Å². The fourth-order valence-corrected chi connectivity index (χ4v) is 2.39. The molecule has 112 valence electrons. The van der Waals surface area contributed by atoms with Gasteiger partial charge >= 0.3 is 0 Å². The molecule has 2 rings (SSSR count). The Hall–Kier alpha value is -1.51. The first-order valence-electron chi connectivity index (χ1n) is 7.33. The summed E-state index contributed by atoms with van der Waals surface area (Å²) in [7, 11) is 0. The third-order valence-electron chi connectivity index (χ3n) is 3.52. The molecule has 0 aliphatic rings. The molecule has 0 saturated carbocycles. The summed E-state index contributed by atoms with van der Waals surface area (Å²) in [6, 6.07) is 14.0. The maximum atomic E-state index is 6.20. The van der Waals surface area contributed by atoms with Crippen LogP contribution in [0.5, 0.6) is 5.75 Å². The van der Waals surface area contributed by atoms with Crippen molar-refractivity contribution >= 4 is 11.6 Å². The van der Waals surface area contributed by atoms with Crippen molar-refractivity contribution in [1.82, 2.24) is 0 Å². The molecule has 0 fully saturated rings. The van der Waals surface area contributed by atoms with Crippen LogP contribution in [0.4, 0.5) is 0 Å². The first-order valence-corrected chi connectivity index (χ1v) is 7.71. The maximum absolute atomic E-state index is 6.20. The molecule has 2 aromatic carbocycles. The fraction of sp³-hybridized carbons (Fsp3) is 0.333. The summed E-state index contributed by atoms with van der Waals surface area (Å²) in [6.45, 7) is 4.62. The summed E-state index contributed by atoms with van der Waals surface area (Å²) >= 11 is 5.98. The van der Waals surface area contributed by atoms with Gasteiger partial charge in [-0.3, -0.25) is 0 Å². The highest BCUT2D eigenvalue weighted by Crippen LogP contribution is 2.23. The normalized spacial score (nSPS) is 12.2. The smallest absolute Gasteiger partial charge is 0.123 e. The van der Waals surface area contributed by atoms with E-state index in [0.29, 0.717) is 11.6 Å². The van der Waals surface area contributed by atoms with Gasteiger partial charge in [0.25, 0.3) is 0 Å². The van der Waals surface area contributed by atoms with Crippen LogP contribution in [0.25, 0.3) is 0 Å². The van der Waals surface area contributed by atoms with E-state index in [0.717, 1.165) is 29.7 Å². The number of aryl methyl sites for hydroxylation is 2. The van der Waals surface area contributed by atoms with E-state index >= 15 is 0 Å². The second kappa shape index (κ2) is 7.48. The average molecular weight is 304 g/mol. The van der Waals surface area contributed by atoms with Crippen LogP contribution >= 0.6 is 11.6 Å². The van der Waals surface area contributed by atoms with Crippen LogP contribution in [0.3, 0.4) is 0 Å². The van der Waals surface area contributed by atoms with Crippen LogP contribution in [0.1, 0.15) is 36.1 Å². The quantitative estimate of drug-likeness (QED) is 0.841. The molecule has 0 aliphatic carbocycles. The second-order valence-electron chi connectivity index (χ2n) is 5.32. The lowest BCUT2D eigenvalue weighted by atomic mass is 10.0. The summed E-state index contributed by atoms with van der Waals surface area (Å²) in [5.41, 5.74) is 9.70. The average Bonchev–Trinajstić information content (AvgIpc) is 2.49. The monoisotopic (exact) mass is 303 g/mol. The molecule has 2 nitrogen and oxygen atoms in total. The molecule has 1 unspecified atom stereocenters. The summed E-state index contributed by atoms with van der Waals surface area (Å²) in [5.74, 6) is 0.792. The lowest BCUT2D eigenvalue weighted by Gasteiger charge is -2.15. The SMILES string of the molecule is CCCc1ccc(C(N)COc2cc(Cl)ccc2C)cc1. The van der Waals surface area contributed by atoms with Gasteiger partial charge in [0.15, 0.2) is 0 Å². The molecule has 0 bridgehead atoms. The van der Waals surface area contributed by atoms with E-state index in [9.17, 15) is 0 Å². The minimum absolute atomic E-state index is 0.140. The highest BCUT2D eigenvalue weighted by Gasteiger charge is 2.08. The number of benzene rings is 2. The number of hydrogen-bond acceptors (Lipinski definition) is 2. The lowest BCUT2D eigenvalue weighted by Crippen LogP contribution is -2.19. The topological polar surface area (TPSA) is 35.2 Å². The van der Waals surface area contributed by atoms with Crippen molar-refractivity contribution in [2.75, 3.05) is 6.61 Å². The molecule has 0 saturated heterocycles. The van der Waals surface area contributed by atoms with Crippen molar-refractivity contribution in [2.45, 2.75) is 32.7 Å². The molecule has 2 aromatic rings. The van der Waals surface area contributed by atoms with Crippen LogP contribution in [-0.2, 0) is 6.42 Å². The standard InChI is InChI=1S/C18H22ClNO/c1-3-4-14-6-8-15(9-7-14)17(20)12-21-18-11-16(19)10-5-13(18)2/h5-11,17H,3-4,12,20H2,1-2H3. The zero-order chi connectivity index (χ0) is 15.2. The van der Waals surface area contributed by atoms with Crippen LogP contribution in [0.2, 0.25) is 5.02 Å². The van der Waals surface area contributed by atoms with Gasteiger partial charge < -0.3 is 10.5 Å². The minimum atomic E-state index is -0.140. The first kappa shape index (κ1) is 15.9. The van der Waals surface area contributed by atoms with Gasteiger partial charge in [-0.15, -0.1) is 0 Å². The molecule has 0 heterocycles. The van der Waals surface area contributed by atoms with Crippen LogP contribution < -0.4 is 10.5 Å². The Labute approximate surface area is 131 Å². The summed E-state index contributed by atoms with van der Waals surface area (Å²) in [5, 5.41) is 0.674. The molecule has 21 heavy (non-hydrogen) atoms. The van der Waals surface area contributed by atoms with Crippen molar-refractivity contribution in [1.29, 1.82) is 0 Å². The Bertz CT molecular complexity index is 580. The second-order valence-corrected chi connectivity index (χ2v) is 5.76. The molecule has 0 radical (unpaired) electrons. The molecule has 2 N–H and O–H groups in total. The van der Waals surface area contributed by atoms with Crippen LogP contribution in [0.15, 0.2) is 42.5 Å². The van der Waals surface area contributed by atoms with E-state index in [2.05, 4.69) is 31.2 Å². The number of nitrogens with two attached hydrogens (primary N) is 1. The Morgan fingerprint density at radius 3 is 2.52 bits per heavy atom. The van der Waals surface area contributed by atoms with Gasteiger partial charge in [0.2, 0.25) is 0 Å². The van der Waals surface area contributed by atoms with Crippen molar-refractivity contribution in [3.63, 3.8) is 0 Å². The molecule has 3 heteroatoms. The summed E-state index contributed by atoms with van der Waals surface area (Å²) in [4.78, 5) is 0. The van der Waals surface area contributed by atoms with Crippen LogP contribution in [-0.4, -0.2) is 6.61 Å². The highest BCUT2D eigenvalue weighted by atomic mass is 35.5. The predicted octanol–water partition coefficient (Wildman–Crippen LogP) is 4.68. The summed E-state index contributed by atoms with van der Waals surface area (Å²) < 4.78 is 5.80. The van der Waals surface area contributed by atoms with Crippen molar-refractivity contribution in [2.24, 2.45) is 5.73 Å². The minimum Gasteiger partial charge on any atom is -0.491 e. The zero-order valence-electron chi connectivity index (χ0n) is 12.6. The summed E-state index contributed by atoms with van der Waals surface area (Å²) in [6.07, 6.45) is 2.26. The number of hydrogen-bond donors (Lipinski definition) is 1. The molecule has 0 spiro atoms. The molecule has 0 amide bonds. The Balaban J connectivity index is 1.97. The van der Waals surface area contributed by atoms with Gasteiger partial charge in [-0.05, 0) is 42.2 Å². The third-order valence-corrected chi connectivity index (χ3v) is 3.75. The van der Waals surface area contributed by atoms with Gasteiger partial charge in [-0.2, -0.15) is 0 Å². The maximum Gasteiger partial charge on any atom is 0.123 e. The predicted molar refractivity (Wildman–Crippen MR) is 89.0 cm³/mol. The third kappa shape index (κ3) is 4.48. The van der Waals surface area contributed by atoms with E-state index in [1.807, 2.05) is 25.1 Å². The number of ether oxygens (including phenoxy) is 1. The van der Waals surface area contributed by atoms with Gasteiger partial charge in [0, 0.05) is 5.02 Å². The molecular formula is C18H22ClNO. The van der Waals surface area contributed by atoms with Crippen LogP contribution in [0, 0.1) is 6.92 Å². The Kier molecular flexibility index (Phi) is 5.66. The Morgan fingerprint density at radius 1 is 1.14 bits per heavy atom. The van der Waals surface area contributed by atoms with Crippen molar-refractivity contribution in [3.05, 3.63) is 64.2 Å². The molecule has 1 atom stereocenters. The van der Waals surface area contributed by atoms with Gasteiger partial charge in [0.1, 0.15) is 12.4 Å². The molecule has 0 aromatic heterocycles. The van der Waals surface area contributed by atoms with E-state index in [1.165, 1.54) is 5.56 Å². The number of halogens is 1. The van der Waals surface area contributed by atoms with E-state index in [4.69, 9.17) is 22.1 Å². The largest absolute Gasteiger partial charge is 0.491 e. The van der Waals surface area contributed by atoms with Gasteiger partial charge in [-0.25, -0.2) is 0 Å². The van der Waals surface area contributed by atoms with E-state index in [1.54, 1.807) is 0 Å². The molecular weight excluding hydrogens is 282 g/mol. The Morgan fingerprint density at radius 2 is 1.86 bits per heavy atom. The molecule has 0 aliphatic heterocycles. The van der Waals surface area contributed by atoms with E-state index < -0.39 is 0 Å². The fourth-order valence-electron chi connectivity index (χ4n) is 2.23. The van der Waals surface area contributed by atoms with Crippen molar-refractivity contribution < 1.29 is 4.74 Å². The van der Waals surface area contributed by atoms with E-state index in [-0.39, 0.29) is 6.04 Å². The van der Waals surface area contributed by atoms with Crippen molar-refractivity contribution in [3.8, 4) is 5.75 Å².